The van der Waals surface area contributed by atoms with Crippen LogP contribution in [0.15, 0.2) is 42.6 Å². The normalized spacial score (nSPS) is 12.4. The summed E-state index contributed by atoms with van der Waals surface area (Å²) in [4.78, 5) is 0. The highest BCUT2D eigenvalue weighted by Crippen LogP contribution is 2.23. The highest BCUT2D eigenvalue weighted by molar-refractivity contribution is 5.29. The minimum absolute atomic E-state index is 0.241. The van der Waals surface area contributed by atoms with Gasteiger partial charge in [0.1, 0.15) is 5.82 Å². The lowest BCUT2D eigenvalue weighted by Crippen LogP contribution is -2.16. The first kappa shape index (κ1) is 10.7. The molecular weight excluding hydrogens is 205 g/mol. The zero-order valence-electron chi connectivity index (χ0n) is 8.68. The fraction of sp³-hybridized carbons (Fsp3) is 0.167. The number of benzene rings is 1. The van der Waals surface area contributed by atoms with Crippen molar-refractivity contribution in [2.24, 2.45) is 5.73 Å². The van der Waals surface area contributed by atoms with Crippen molar-refractivity contribution in [2.75, 3.05) is 6.54 Å². The molecule has 0 spiro atoms. The smallest absolute Gasteiger partial charge is 0.127 e. The number of nitrogens with two attached hydrogens (primary N) is 1. The Morgan fingerprint density at radius 2 is 2.00 bits per heavy atom. The molecule has 82 valence electrons. The summed E-state index contributed by atoms with van der Waals surface area (Å²) in [5.41, 5.74) is 6.92. The first-order valence-electron chi connectivity index (χ1n) is 5.05. The topological polar surface area (TPSA) is 51.8 Å². The van der Waals surface area contributed by atoms with Gasteiger partial charge in [-0.3, -0.25) is 0 Å². The fourth-order valence-corrected chi connectivity index (χ4v) is 1.66. The molecule has 0 saturated heterocycles. The molecule has 2 N–H and O–H groups in total. The van der Waals surface area contributed by atoms with Gasteiger partial charge in [0.15, 0.2) is 0 Å². The zero-order chi connectivity index (χ0) is 11.4. The second-order valence-corrected chi connectivity index (χ2v) is 3.46. The summed E-state index contributed by atoms with van der Waals surface area (Å²) >= 11 is 0. The van der Waals surface area contributed by atoms with Crippen LogP contribution in [-0.2, 0) is 0 Å². The summed E-state index contributed by atoms with van der Waals surface area (Å²) in [6.45, 7) is 0.305. The van der Waals surface area contributed by atoms with Crippen molar-refractivity contribution in [2.45, 2.75) is 5.92 Å². The van der Waals surface area contributed by atoms with Crippen molar-refractivity contribution in [3.05, 3.63) is 59.7 Å². The lowest BCUT2D eigenvalue weighted by atomic mass is 9.95. The van der Waals surface area contributed by atoms with Crippen molar-refractivity contribution >= 4 is 0 Å². The lowest BCUT2D eigenvalue weighted by Gasteiger charge is -2.14. The number of hydrogen-bond donors (Lipinski definition) is 1. The molecule has 3 nitrogen and oxygen atoms in total. The summed E-state index contributed by atoms with van der Waals surface area (Å²) < 4.78 is 13.6. The van der Waals surface area contributed by atoms with Gasteiger partial charge in [0, 0.05) is 18.7 Å². The number of rotatable bonds is 3. The van der Waals surface area contributed by atoms with Crippen LogP contribution in [0.1, 0.15) is 17.2 Å². The van der Waals surface area contributed by atoms with E-state index in [1.165, 1.54) is 6.07 Å². The Balaban J connectivity index is 2.41. The zero-order valence-corrected chi connectivity index (χ0v) is 8.68. The minimum atomic E-state index is -0.261. The van der Waals surface area contributed by atoms with E-state index in [2.05, 4.69) is 10.2 Å². The average Bonchev–Trinajstić information content (AvgIpc) is 2.34. The van der Waals surface area contributed by atoms with E-state index in [0.29, 0.717) is 17.8 Å². The molecule has 4 heteroatoms. The Hall–Kier alpha value is -1.81. The molecule has 2 aromatic rings. The van der Waals surface area contributed by atoms with Gasteiger partial charge < -0.3 is 5.73 Å². The van der Waals surface area contributed by atoms with Crippen LogP contribution in [0.3, 0.4) is 0 Å². The second-order valence-electron chi connectivity index (χ2n) is 3.46. The molecule has 0 bridgehead atoms. The van der Waals surface area contributed by atoms with Crippen molar-refractivity contribution in [1.82, 2.24) is 10.2 Å². The highest BCUT2D eigenvalue weighted by atomic mass is 19.1. The predicted octanol–water partition coefficient (Wildman–Crippen LogP) is 1.71. The van der Waals surface area contributed by atoms with Gasteiger partial charge in [0.05, 0.1) is 5.69 Å². The molecule has 16 heavy (non-hydrogen) atoms. The predicted molar refractivity (Wildman–Crippen MR) is 59.3 cm³/mol. The molecule has 0 saturated carbocycles. The number of halogens is 1. The second kappa shape index (κ2) is 4.81. The Morgan fingerprint density at radius 1 is 1.19 bits per heavy atom. The van der Waals surface area contributed by atoms with Crippen molar-refractivity contribution < 1.29 is 4.39 Å². The third-order valence-electron chi connectivity index (χ3n) is 2.47. The first-order valence-corrected chi connectivity index (χ1v) is 5.05. The molecular formula is C12H12FN3. The third kappa shape index (κ3) is 2.06. The Kier molecular flexibility index (Phi) is 3.22. The largest absolute Gasteiger partial charge is 0.329 e. The first-order chi connectivity index (χ1) is 7.83. The van der Waals surface area contributed by atoms with Gasteiger partial charge in [-0.05, 0) is 23.8 Å². The van der Waals surface area contributed by atoms with Crippen LogP contribution in [0, 0.1) is 5.82 Å². The number of hydrogen-bond acceptors (Lipinski definition) is 3. The molecule has 1 aromatic heterocycles. The Morgan fingerprint density at radius 3 is 2.62 bits per heavy atom. The lowest BCUT2D eigenvalue weighted by molar-refractivity contribution is 0.593. The van der Waals surface area contributed by atoms with Gasteiger partial charge in [-0.2, -0.15) is 10.2 Å². The minimum Gasteiger partial charge on any atom is -0.329 e. The van der Waals surface area contributed by atoms with Crippen LogP contribution in [0.5, 0.6) is 0 Å². The Bertz CT molecular complexity index is 459. The van der Waals surface area contributed by atoms with E-state index in [-0.39, 0.29) is 11.7 Å². The molecule has 1 heterocycles. The van der Waals surface area contributed by atoms with Gasteiger partial charge in [-0.1, -0.05) is 18.2 Å². The maximum absolute atomic E-state index is 13.6. The van der Waals surface area contributed by atoms with Crippen LogP contribution in [0.4, 0.5) is 4.39 Å². The quantitative estimate of drug-likeness (QED) is 0.851. The average molecular weight is 217 g/mol. The summed E-state index contributed by atoms with van der Waals surface area (Å²) in [5.74, 6) is -0.501. The van der Waals surface area contributed by atoms with Crippen molar-refractivity contribution in [3.63, 3.8) is 0 Å². The van der Waals surface area contributed by atoms with E-state index in [1.807, 2.05) is 0 Å². The molecule has 0 aliphatic carbocycles. The highest BCUT2D eigenvalue weighted by Gasteiger charge is 2.17. The van der Waals surface area contributed by atoms with E-state index < -0.39 is 0 Å². The van der Waals surface area contributed by atoms with Crippen molar-refractivity contribution in [3.8, 4) is 0 Å². The van der Waals surface area contributed by atoms with E-state index in [1.54, 1.807) is 36.5 Å². The van der Waals surface area contributed by atoms with Gasteiger partial charge in [-0.25, -0.2) is 4.39 Å². The van der Waals surface area contributed by atoms with Crippen LogP contribution in [-0.4, -0.2) is 16.7 Å². The monoisotopic (exact) mass is 217 g/mol. The van der Waals surface area contributed by atoms with Gasteiger partial charge in [0.25, 0.3) is 0 Å². The molecule has 2 rings (SSSR count). The fourth-order valence-electron chi connectivity index (χ4n) is 1.66. The van der Waals surface area contributed by atoms with Crippen LogP contribution in [0.2, 0.25) is 0 Å². The maximum Gasteiger partial charge on any atom is 0.127 e. The number of nitrogens with zero attached hydrogens (tertiary/aromatic N) is 2. The SMILES string of the molecule is NC[C@@H](c1cccnn1)c1ccccc1F. The summed E-state index contributed by atoms with van der Waals surface area (Å²) in [5, 5.41) is 7.75. The van der Waals surface area contributed by atoms with Crippen LogP contribution in [0.25, 0.3) is 0 Å². The van der Waals surface area contributed by atoms with Gasteiger partial charge >= 0.3 is 0 Å². The van der Waals surface area contributed by atoms with Crippen LogP contribution >= 0.6 is 0 Å². The van der Waals surface area contributed by atoms with E-state index in [0.717, 1.165) is 0 Å². The molecule has 0 fully saturated rings. The molecule has 0 unspecified atom stereocenters. The van der Waals surface area contributed by atoms with E-state index in [9.17, 15) is 4.39 Å². The molecule has 0 aliphatic heterocycles. The summed E-state index contributed by atoms with van der Waals surface area (Å²) in [7, 11) is 0. The molecule has 0 amide bonds. The van der Waals surface area contributed by atoms with E-state index in [4.69, 9.17) is 5.73 Å². The maximum atomic E-state index is 13.6. The standard InChI is InChI=1S/C12H12FN3/c13-11-5-2-1-4-9(11)10(8-14)12-6-3-7-15-16-12/h1-7,10H,8,14H2/t10-/m1/s1. The van der Waals surface area contributed by atoms with E-state index >= 15 is 0 Å². The number of aromatic nitrogens is 2. The van der Waals surface area contributed by atoms with Gasteiger partial charge in [-0.15, -0.1) is 0 Å². The Labute approximate surface area is 93.1 Å². The van der Waals surface area contributed by atoms with Crippen LogP contribution < -0.4 is 5.73 Å². The van der Waals surface area contributed by atoms with Gasteiger partial charge in [0.2, 0.25) is 0 Å². The molecule has 0 radical (unpaired) electrons. The summed E-state index contributed by atoms with van der Waals surface area (Å²) in [6, 6.07) is 10.2. The molecule has 0 aliphatic rings. The summed E-state index contributed by atoms with van der Waals surface area (Å²) in [6.07, 6.45) is 1.58. The molecule has 1 aromatic carbocycles. The van der Waals surface area contributed by atoms with Crippen molar-refractivity contribution in [1.29, 1.82) is 0 Å². The molecule has 1 atom stereocenters. The third-order valence-corrected chi connectivity index (χ3v) is 2.47.